The molecule has 2 amide bonds. The average Bonchev–Trinajstić information content (AvgIpc) is 3.20. The molecule has 4 aliphatic rings. The molecule has 0 spiro atoms. The van der Waals surface area contributed by atoms with E-state index in [1.54, 1.807) is 0 Å². The first-order valence-electron chi connectivity index (χ1n) is 10.9. The summed E-state index contributed by atoms with van der Waals surface area (Å²) < 4.78 is 5.15. The molecule has 2 heterocycles. The third-order valence-electron chi connectivity index (χ3n) is 7.55. The quantitative estimate of drug-likeness (QED) is 0.818. The molecule has 0 bridgehead atoms. The number of carbonyl (C=O) groups is 2. The number of amides is 2. The smallest absolute Gasteiger partial charge is 0.409 e. The van der Waals surface area contributed by atoms with Crippen LogP contribution in [-0.4, -0.2) is 66.2 Å². The number of carbonyl (C=O) groups excluding carboxylic acids is 2. The van der Waals surface area contributed by atoms with Crippen molar-refractivity contribution in [2.24, 2.45) is 17.8 Å². The van der Waals surface area contributed by atoms with E-state index >= 15 is 0 Å². The van der Waals surface area contributed by atoms with E-state index in [4.69, 9.17) is 4.74 Å². The van der Waals surface area contributed by atoms with Gasteiger partial charge in [-0.15, -0.1) is 0 Å². The minimum absolute atomic E-state index is 0.0713. The second-order valence-corrected chi connectivity index (χ2v) is 9.46. The van der Waals surface area contributed by atoms with Crippen LogP contribution in [0.25, 0.3) is 0 Å². The van der Waals surface area contributed by atoms with E-state index in [9.17, 15) is 9.59 Å². The van der Waals surface area contributed by atoms with Crippen LogP contribution in [0.1, 0.15) is 58.8 Å². The van der Waals surface area contributed by atoms with Crippen molar-refractivity contribution in [3.8, 4) is 0 Å². The number of rotatable bonds is 4. The lowest BCUT2D eigenvalue weighted by Gasteiger charge is -2.41. The van der Waals surface area contributed by atoms with E-state index in [1.807, 2.05) is 11.8 Å². The standard InChI is InChI=1S/C21H35N3O3/c1-3-27-20(26)24-13-16-11-18(12-17(16)14-24)23-9-5-15(6-10-23)19(25)22-21(2)7-4-8-21/h15-18H,3-14H2,1-2H3,(H,22,25). The highest BCUT2D eigenvalue weighted by Crippen LogP contribution is 2.41. The Bertz CT molecular complexity index is 555. The molecule has 2 aliphatic carbocycles. The minimum atomic E-state index is -0.143. The van der Waals surface area contributed by atoms with Gasteiger partial charge in [-0.25, -0.2) is 4.79 Å². The second kappa shape index (κ2) is 7.61. The number of nitrogens with one attached hydrogen (secondary N) is 1. The van der Waals surface area contributed by atoms with E-state index in [-0.39, 0.29) is 23.5 Å². The van der Waals surface area contributed by atoms with Gasteiger partial charge >= 0.3 is 6.09 Å². The molecule has 27 heavy (non-hydrogen) atoms. The highest BCUT2D eigenvalue weighted by Gasteiger charge is 2.45. The SMILES string of the molecule is CCOC(=O)N1CC2CC(N3CCC(C(=O)NC4(C)CCC4)CC3)CC2C1. The molecule has 1 N–H and O–H groups in total. The van der Waals surface area contributed by atoms with Gasteiger partial charge in [0, 0.05) is 30.6 Å². The molecular weight excluding hydrogens is 342 g/mol. The summed E-state index contributed by atoms with van der Waals surface area (Å²) in [6.07, 6.45) is 7.72. The predicted octanol–water partition coefficient (Wildman–Crippen LogP) is 2.62. The summed E-state index contributed by atoms with van der Waals surface area (Å²) in [6.45, 7) is 8.30. The van der Waals surface area contributed by atoms with Crippen LogP contribution < -0.4 is 5.32 Å². The molecule has 2 atom stereocenters. The van der Waals surface area contributed by atoms with E-state index in [0.717, 1.165) is 51.9 Å². The molecule has 0 aromatic heterocycles. The van der Waals surface area contributed by atoms with Crippen molar-refractivity contribution in [1.82, 2.24) is 15.1 Å². The van der Waals surface area contributed by atoms with Gasteiger partial charge in [-0.1, -0.05) is 0 Å². The maximum absolute atomic E-state index is 12.6. The van der Waals surface area contributed by atoms with Gasteiger partial charge in [-0.2, -0.15) is 0 Å². The zero-order valence-electron chi connectivity index (χ0n) is 16.9. The molecule has 6 nitrogen and oxygen atoms in total. The highest BCUT2D eigenvalue weighted by molar-refractivity contribution is 5.79. The van der Waals surface area contributed by atoms with Crippen LogP contribution in [0.2, 0.25) is 0 Å². The van der Waals surface area contributed by atoms with Crippen molar-refractivity contribution in [1.29, 1.82) is 0 Å². The first kappa shape index (κ1) is 19.0. The van der Waals surface area contributed by atoms with Gasteiger partial charge in [0.15, 0.2) is 0 Å². The minimum Gasteiger partial charge on any atom is -0.450 e. The van der Waals surface area contributed by atoms with Crippen LogP contribution >= 0.6 is 0 Å². The van der Waals surface area contributed by atoms with Gasteiger partial charge < -0.3 is 19.9 Å². The van der Waals surface area contributed by atoms with Crippen LogP contribution in [0.4, 0.5) is 4.79 Å². The lowest BCUT2D eigenvalue weighted by Crippen LogP contribution is -2.54. The Morgan fingerprint density at radius 2 is 1.74 bits per heavy atom. The fourth-order valence-electron chi connectivity index (χ4n) is 5.69. The summed E-state index contributed by atoms with van der Waals surface area (Å²) >= 11 is 0. The van der Waals surface area contributed by atoms with Crippen molar-refractivity contribution in [2.75, 3.05) is 32.8 Å². The summed E-state index contributed by atoms with van der Waals surface area (Å²) in [7, 11) is 0. The van der Waals surface area contributed by atoms with E-state index in [2.05, 4.69) is 17.1 Å². The Morgan fingerprint density at radius 3 is 2.26 bits per heavy atom. The zero-order valence-corrected chi connectivity index (χ0v) is 16.9. The topological polar surface area (TPSA) is 61.9 Å². The summed E-state index contributed by atoms with van der Waals surface area (Å²) in [5.41, 5.74) is 0.0713. The van der Waals surface area contributed by atoms with Gasteiger partial charge in [-0.05, 0) is 83.7 Å². The van der Waals surface area contributed by atoms with Gasteiger partial charge in [0.25, 0.3) is 0 Å². The van der Waals surface area contributed by atoms with Crippen molar-refractivity contribution in [2.45, 2.75) is 70.4 Å². The highest BCUT2D eigenvalue weighted by atomic mass is 16.6. The second-order valence-electron chi connectivity index (χ2n) is 9.46. The third kappa shape index (κ3) is 3.96. The molecule has 0 aromatic carbocycles. The number of hydrogen-bond acceptors (Lipinski definition) is 4. The lowest BCUT2D eigenvalue weighted by atomic mass is 9.78. The summed E-state index contributed by atoms with van der Waals surface area (Å²) in [5.74, 6) is 1.72. The first-order chi connectivity index (χ1) is 13.0. The van der Waals surface area contributed by atoms with Crippen molar-refractivity contribution >= 4 is 12.0 Å². The number of ether oxygens (including phenoxy) is 1. The van der Waals surface area contributed by atoms with E-state index in [0.29, 0.717) is 24.5 Å². The summed E-state index contributed by atoms with van der Waals surface area (Å²) in [5, 5.41) is 3.30. The number of hydrogen-bond donors (Lipinski definition) is 1. The number of fused-ring (bicyclic) bond motifs is 1. The Hall–Kier alpha value is -1.30. The Labute approximate surface area is 163 Å². The molecule has 2 saturated carbocycles. The van der Waals surface area contributed by atoms with Gasteiger partial charge in [-0.3, -0.25) is 4.79 Å². The number of likely N-dealkylation sites (tertiary alicyclic amines) is 2. The fraction of sp³-hybridized carbons (Fsp3) is 0.905. The fourth-order valence-corrected chi connectivity index (χ4v) is 5.69. The van der Waals surface area contributed by atoms with Crippen LogP contribution in [0.15, 0.2) is 0 Å². The Morgan fingerprint density at radius 1 is 1.11 bits per heavy atom. The molecule has 4 fully saturated rings. The van der Waals surface area contributed by atoms with Crippen molar-refractivity contribution < 1.29 is 14.3 Å². The maximum atomic E-state index is 12.6. The van der Waals surface area contributed by atoms with Crippen molar-refractivity contribution in [3.63, 3.8) is 0 Å². The predicted molar refractivity (Wildman–Crippen MR) is 103 cm³/mol. The molecule has 2 aliphatic heterocycles. The lowest BCUT2D eigenvalue weighted by molar-refractivity contribution is -0.129. The summed E-state index contributed by atoms with van der Waals surface area (Å²) in [4.78, 5) is 29.0. The number of piperidine rings is 1. The molecular formula is C21H35N3O3. The van der Waals surface area contributed by atoms with E-state index < -0.39 is 0 Å². The normalized spacial score (nSPS) is 33.4. The van der Waals surface area contributed by atoms with Crippen LogP contribution in [-0.2, 0) is 9.53 Å². The van der Waals surface area contributed by atoms with Gasteiger partial charge in [0.2, 0.25) is 5.91 Å². The van der Waals surface area contributed by atoms with Crippen LogP contribution in [0.3, 0.4) is 0 Å². The largest absolute Gasteiger partial charge is 0.450 e. The molecule has 6 heteroatoms. The van der Waals surface area contributed by atoms with Crippen molar-refractivity contribution in [3.05, 3.63) is 0 Å². The average molecular weight is 378 g/mol. The van der Waals surface area contributed by atoms with E-state index in [1.165, 1.54) is 19.3 Å². The van der Waals surface area contributed by atoms with Crippen LogP contribution in [0.5, 0.6) is 0 Å². The molecule has 0 radical (unpaired) electrons. The number of nitrogens with zero attached hydrogens (tertiary/aromatic N) is 2. The molecule has 152 valence electrons. The zero-order chi connectivity index (χ0) is 19.0. The Kier molecular flexibility index (Phi) is 5.36. The Balaban J connectivity index is 1.21. The maximum Gasteiger partial charge on any atom is 0.409 e. The molecule has 4 rings (SSSR count). The van der Waals surface area contributed by atoms with Gasteiger partial charge in [0.05, 0.1) is 6.61 Å². The molecule has 0 aromatic rings. The van der Waals surface area contributed by atoms with Gasteiger partial charge in [0.1, 0.15) is 0 Å². The molecule has 2 saturated heterocycles. The van der Waals surface area contributed by atoms with Crippen LogP contribution in [0, 0.1) is 17.8 Å². The monoisotopic (exact) mass is 377 g/mol. The molecule has 2 unspecified atom stereocenters. The third-order valence-corrected chi connectivity index (χ3v) is 7.55. The first-order valence-corrected chi connectivity index (χ1v) is 10.9. The summed E-state index contributed by atoms with van der Waals surface area (Å²) in [6, 6.07) is 0.637.